The molecule has 1 saturated heterocycles. The van der Waals surface area contributed by atoms with E-state index in [4.69, 9.17) is 5.73 Å². The molecule has 18 heavy (non-hydrogen) atoms. The van der Waals surface area contributed by atoms with Crippen molar-refractivity contribution in [1.82, 2.24) is 9.88 Å². The maximum Gasteiger partial charge on any atom is 0.133 e. The molecule has 2 rings (SSSR count). The van der Waals surface area contributed by atoms with E-state index in [2.05, 4.69) is 34.9 Å². The highest BCUT2D eigenvalue weighted by atomic mass is 15.2. The molecule has 0 aromatic carbocycles. The van der Waals surface area contributed by atoms with Crippen LogP contribution in [0.25, 0.3) is 0 Å². The van der Waals surface area contributed by atoms with Crippen LogP contribution in [0.4, 0.5) is 5.82 Å². The summed E-state index contributed by atoms with van der Waals surface area (Å²) in [7, 11) is 4.31. The fraction of sp³-hybridized carbons (Fsp3) is 0.643. The van der Waals surface area contributed by atoms with Crippen molar-refractivity contribution in [3.8, 4) is 0 Å². The van der Waals surface area contributed by atoms with Crippen LogP contribution in [-0.2, 0) is 6.54 Å². The minimum Gasteiger partial charge on any atom is -0.355 e. The summed E-state index contributed by atoms with van der Waals surface area (Å²) in [4.78, 5) is 9.39. The quantitative estimate of drug-likeness (QED) is 0.878. The van der Waals surface area contributed by atoms with E-state index >= 15 is 0 Å². The van der Waals surface area contributed by atoms with Crippen LogP contribution in [0, 0.1) is 6.92 Å². The summed E-state index contributed by atoms with van der Waals surface area (Å²) in [5.41, 5.74) is 8.04. The fourth-order valence-electron chi connectivity index (χ4n) is 2.57. The summed E-state index contributed by atoms with van der Waals surface area (Å²) in [6.45, 7) is 4.74. The molecular formula is C14H24N4. The van der Waals surface area contributed by atoms with Gasteiger partial charge < -0.3 is 15.5 Å². The molecule has 1 aliphatic heterocycles. The monoisotopic (exact) mass is 248 g/mol. The van der Waals surface area contributed by atoms with Crippen molar-refractivity contribution >= 4 is 5.82 Å². The number of likely N-dealkylation sites (N-methyl/N-ethyl adjacent to an activating group) is 1. The van der Waals surface area contributed by atoms with E-state index in [-0.39, 0.29) is 0 Å². The average molecular weight is 248 g/mol. The van der Waals surface area contributed by atoms with Gasteiger partial charge in [-0.25, -0.2) is 4.98 Å². The molecule has 0 amide bonds. The lowest BCUT2D eigenvalue weighted by molar-refractivity contribution is 0.257. The van der Waals surface area contributed by atoms with Gasteiger partial charge in [0.15, 0.2) is 0 Å². The van der Waals surface area contributed by atoms with Crippen molar-refractivity contribution in [3.05, 3.63) is 23.4 Å². The molecule has 1 aromatic rings. The molecule has 0 aliphatic carbocycles. The zero-order chi connectivity index (χ0) is 13.1. The SMILES string of the molecule is Cc1ccc(CN)c(N2CCCC(N(C)C)C2)n1. The highest BCUT2D eigenvalue weighted by Gasteiger charge is 2.23. The number of pyridine rings is 1. The average Bonchev–Trinajstić information content (AvgIpc) is 2.39. The first-order valence-electron chi connectivity index (χ1n) is 6.69. The number of hydrogen-bond acceptors (Lipinski definition) is 4. The molecule has 2 N–H and O–H groups in total. The van der Waals surface area contributed by atoms with Gasteiger partial charge in [-0.15, -0.1) is 0 Å². The number of rotatable bonds is 3. The smallest absolute Gasteiger partial charge is 0.133 e. The number of nitrogens with zero attached hydrogens (tertiary/aromatic N) is 3. The van der Waals surface area contributed by atoms with Crippen molar-refractivity contribution in [2.75, 3.05) is 32.1 Å². The van der Waals surface area contributed by atoms with Crippen LogP contribution in [0.1, 0.15) is 24.1 Å². The standard InChI is InChI=1S/C14H24N4/c1-11-6-7-12(9-15)14(16-11)18-8-4-5-13(10-18)17(2)3/h6-7,13H,4-5,8-10,15H2,1-3H3. The van der Waals surface area contributed by atoms with Crippen LogP contribution in [0.15, 0.2) is 12.1 Å². The Morgan fingerprint density at radius 1 is 1.44 bits per heavy atom. The lowest BCUT2D eigenvalue weighted by Crippen LogP contribution is -2.45. The Hall–Kier alpha value is -1.13. The second kappa shape index (κ2) is 5.67. The Kier molecular flexibility index (Phi) is 4.19. The molecule has 0 bridgehead atoms. The second-order valence-electron chi connectivity index (χ2n) is 5.35. The normalized spacial score (nSPS) is 20.5. The van der Waals surface area contributed by atoms with Gasteiger partial charge in [0.2, 0.25) is 0 Å². The van der Waals surface area contributed by atoms with E-state index in [1.807, 2.05) is 13.0 Å². The van der Waals surface area contributed by atoms with Gasteiger partial charge in [-0.1, -0.05) is 6.07 Å². The molecule has 1 aromatic heterocycles. The van der Waals surface area contributed by atoms with Crippen LogP contribution >= 0.6 is 0 Å². The van der Waals surface area contributed by atoms with Gasteiger partial charge in [-0.3, -0.25) is 0 Å². The molecule has 1 fully saturated rings. The largest absolute Gasteiger partial charge is 0.355 e. The summed E-state index contributed by atoms with van der Waals surface area (Å²) < 4.78 is 0. The van der Waals surface area contributed by atoms with Gasteiger partial charge in [0.1, 0.15) is 5.82 Å². The van der Waals surface area contributed by atoms with Gasteiger partial charge >= 0.3 is 0 Å². The Morgan fingerprint density at radius 3 is 2.89 bits per heavy atom. The molecule has 4 heteroatoms. The van der Waals surface area contributed by atoms with Crippen LogP contribution in [0.2, 0.25) is 0 Å². The topological polar surface area (TPSA) is 45.4 Å². The number of piperidine rings is 1. The lowest BCUT2D eigenvalue weighted by atomic mass is 10.0. The van der Waals surface area contributed by atoms with Gasteiger partial charge in [0, 0.05) is 36.9 Å². The second-order valence-corrected chi connectivity index (χ2v) is 5.35. The first-order chi connectivity index (χ1) is 8.61. The highest BCUT2D eigenvalue weighted by Crippen LogP contribution is 2.23. The Bertz CT molecular complexity index is 403. The molecule has 2 heterocycles. The van der Waals surface area contributed by atoms with E-state index in [9.17, 15) is 0 Å². The van der Waals surface area contributed by atoms with Crippen molar-refractivity contribution in [2.24, 2.45) is 5.73 Å². The van der Waals surface area contributed by atoms with Crippen LogP contribution in [0.5, 0.6) is 0 Å². The van der Waals surface area contributed by atoms with Crippen LogP contribution < -0.4 is 10.6 Å². The van der Waals surface area contributed by atoms with Gasteiger partial charge in [-0.2, -0.15) is 0 Å². The van der Waals surface area contributed by atoms with E-state index in [0.717, 1.165) is 30.2 Å². The molecule has 4 nitrogen and oxygen atoms in total. The lowest BCUT2D eigenvalue weighted by Gasteiger charge is -2.37. The summed E-state index contributed by atoms with van der Waals surface area (Å²) in [5, 5.41) is 0. The summed E-state index contributed by atoms with van der Waals surface area (Å²) in [6.07, 6.45) is 2.50. The predicted octanol–water partition coefficient (Wildman–Crippen LogP) is 1.38. The van der Waals surface area contributed by atoms with Crippen LogP contribution in [-0.4, -0.2) is 43.1 Å². The van der Waals surface area contributed by atoms with Gasteiger partial charge in [-0.05, 0) is 39.9 Å². The van der Waals surface area contributed by atoms with Gasteiger partial charge in [0.05, 0.1) is 0 Å². The maximum absolute atomic E-state index is 5.82. The number of aryl methyl sites for hydroxylation is 1. The van der Waals surface area contributed by atoms with Crippen molar-refractivity contribution in [3.63, 3.8) is 0 Å². The first kappa shape index (κ1) is 13.3. The van der Waals surface area contributed by atoms with Crippen molar-refractivity contribution in [1.29, 1.82) is 0 Å². The molecule has 0 saturated carbocycles. The molecule has 1 atom stereocenters. The van der Waals surface area contributed by atoms with Crippen LogP contribution in [0.3, 0.4) is 0 Å². The molecule has 1 aliphatic rings. The van der Waals surface area contributed by atoms with Gasteiger partial charge in [0.25, 0.3) is 0 Å². The van der Waals surface area contributed by atoms with Crippen molar-refractivity contribution < 1.29 is 0 Å². The summed E-state index contributed by atoms with van der Waals surface area (Å²) >= 11 is 0. The Labute approximate surface area is 110 Å². The van der Waals surface area contributed by atoms with E-state index in [1.165, 1.54) is 12.8 Å². The molecule has 0 radical (unpaired) electrons. The molecule has 1 unspecified atom stereocenters. The molecule has 0 spiro atoms. The third-order valence-corrected chi connectivity index (χ3v) is 3.74. The summed E-state index contributed by atoms with van der Waals surface area (Å²) in [6, 6.07) is 4.77. The third-order valence-electron chi connectivity index (χ3n) is 3.74. The number of anilines is 1. The minimum absolute atomic E-state index is 0.561. The number of hydrogen-bond donors (Lipinski definition) is 1. The molecular weight excluding hydrogens is 224 g/mol. The van der Waals surface area contributed by atoms with Crippen molar-refractivity contribution in [2.45, 2.75) is 32.4 Å². The van der Waals surface area contributed by atoms with E-state index in [1.54, 1.807) is 0 Å². The zero-order valence-electron chi connectivity index (χ0n) is 11.7. The zero-order valence-corrected chi connectivity index (χ0v) is 11.7. The number of nitrogens with two attached hydrogens (primary N) is 1. The first-order valence-corrected chi connectivity index (χ1v) is 6.69. The predicted molar refractivity (Wildman–Crippen MR) is 75.8 cm³/mol. The molecule has 100 valence electrons. The Morgan fingerprint density at radius 2 is 2.22 bits per heavy atom. The third kappa shape index (κ3) is 2.82. The fourth-order valence-corrected chi connectivity index (χ4v) is 2.57. The summed E-state index contributed by atoms with van der Waals surface area (Å²) in [5.74, 6) is 1.09. The maximum atomic E-state index is 5.82. The van der Waals surface area contributed by atoms with E-state index in [0.29, 0.717) is 12.6 Å². The van der Waals surface area contributed by atoms with E-state index < -0.39 is 0 Å². The number of aromatic nitrogens is 1. The minimum atomic E-state index is 0.561. The highest BCUT2D eigenvalue weighted by molar-refractivity contribution is 5.48. The Balaban J connectivity index is 2.22.